The van der Waals surface area contributed by atoms with E-state index in [0.29, 0.717) is 19.8 Å². The van der Waals surface area contributed by atoms with Crippen LogP contribution in [0.5, 0.6) is 17.2 Å². The van der Waals surface area contributed by atoms with Gasteiger partial charge in [-0.1, -0.05) is 62.2 Å². The van der Waals surface area contributed by atoms with Crippen molar-refractivity contribution >= 4 is 0 Å². The third-order valence-corrected chi connectivity index (χ3v) is 7.61. The summed E-state index contributed by atoms with van der Waals surface area (Å²) in [6.45, 7) is 30.1. The maximum atomic E-state index is 6.08. The summed E-state index contributed by atoms with van der Waals surface area (Å²) in [6.07, 6.45) is 5.36. The second-order valence-corrected chi connectivity index (χ2v) is 10.4. The molecule has 3 heteroatoms. The molecule has 0 N–H and O–H groups in total. The van der Waals surface area contributed by atoms with Gasteiger partial charge in [-0.3, -0.25) is 0 Å². The van der Waals surface area contributed by atoms with Crippen LogP contribution in [-0.4, -0.2) is 19.8 Å². The lowest BCUT2D eigenvalue weighted by atomic mass is 9.77. The van der Waals surface area contributed by atoms with Gasteiger partial charge in [0.15, 0.2) is 0 Å². The SMILES string of the molecule is C=CCOc1c(C)cc(C(c2cc(C)c(OCC=C)c(C)c2C)c2cc(C)c(OCC=C)c(C)c2C)cc1C. The minimum Gasteiger partial charge on any atom is -0.489 e. The molecule has 0 amide bonds. The molecule has 3 aromatic rings. The summed E-state index contributed by atoms with van der Waals surface area (Å²) in [5, 5.41) is 0. The van der Waals surface area contributed by atoms with E-state index in [-0.39, 0.29) is 5.92 Å². The maximum absolute atomic E-state index is 6.08. The fraction of sp³-hybridized carbons (Fsp3) is 0.333. The number of hydrogen-bond donors (Lipinski definition) is 0. The number of benzene rings is 3. The lowest BCUT2D eigenvalue weighted by molar-refractivity contribution is 0.357. The van der Waals surface area contributed by atoms with Gasteiger partial charge < -0.3 is 14.2 Å². The molecule has 0 heterocycles. The summed E-state index contributed by atoms with van der Waals surface area (Å²) in [4.78, 5) is 0. The quantitative estimate of drug-likeness (QED) is 0.175. The van der Waals surface area contributed by atoms with Gasteiger partial charge in [0.2, 0.25) is 0 Å². The van der Waals surface area contributed by atoms with Gasteiger partial charge in [0.1, 0.15) is 37.1 Å². The fourth-order valence-electron chi connectivity index (χ4n) is 5.55. The molecule has 0 aliphatic carbocycles. The highest BCUT2D eigenvalue weighted by atomic mass is 16.5. The molecule has 0 atom stereocenters. The highest BCUT2D eigenvalue weighted by molar-refractivity contribution is 5.60. The molecular weight excluding hydrogens is 480 g/mol. The third-order valence-electron chi connectivity index (χ3n) is 7.61. The van der Waals surface area contributed by atoms with E-state index in [1.807, 2.05) is 0 Å². The molecule has 0 unspecified atom stereocenters. The Bertz CT molecular complexity index is 1300. The first-order chi connectivity index (χ1) is 18.6. The van der Waals surface area contributed by atoms with Crippen molar-refractivity contribution in [1.29, 1.82) is 0 Å². The van der Waals surface area contributed by atoms with Gasteiger partial charge in [-0.25, -0.2) is 0 Å². The predicted octanol–water partition coefficient (Wildman–Crippen LogP) is 9.03. The Morgan fingerprint density at radius 1 is 0.513 bits per heavy atom. The summed E-state index contributed by atoms with van der Waals surface area (Å²) in [7, 11) is 0. The molecule has 0 radical (unpaired) electrons. The Morgan fingerprint density at radius 3 is 1.21 bits per heavy atom. The zero-order chi connectivity index (χ0) is 28.9. The molecule has 39 heavy (non-hydrogen) atoms. The summed E-state index contributed by atoms with van der Waals surface area (Å²) >= 11 is 0. The van der Waals surface area contributed by atoms with Gasteiger partial charge in [0.25, 0.3) is 0 Å². The van der Waals surface area contributed by atoms with E-state index in [1.54, 1.807) is 18.2 Å². The molecule has 0 aliphatic rings. The second kappa shape index (κ2) is 12.9. The van der Waals surface area contributed by atoms with Crippen LogP contribution in [0, 0.1) is 55.4 Å². The van der Waals surface area contributed by atoms with Crippen molar-refractivity contribution in [2.24, 2.45) is 0 Å². The van der Waals surface area contributed by atoms with Crippen molar-refractivity contribution in [1.82, 2.24) is 0 Å². The largest absolute Gasteiger partial charge is 0.489 e. The summed E-state index contributed by atoms with van der Waals surface area (Å²) < 4.78 is 18.2. The van der Waals surface area contributed by atoms with Gasteiger partial charge in [-0.05, 0) is 117 Å². The number of ether oxygens (including phenoxy) is 3. The van der Waals surface area contributed by atoms with Crippen LogP contribution in [0.15, 0.2) is 62.2 Å². The topological polar surface area (TPSA) is 27.7 Å². The van der Waals surface area contributed by atoms with Crippen LogP contribution in [0.1, 0.15) is 67.1 Å². The van der Waals surface area contributed by atoms with Crippen molar-refractivity contribution in [2.45, 2.75) is 61.3 Å². The maximum Gasteiger partial charge on any atom is 0.125 e. The zero-order valence-electron chi connectivity index (χ0n) is 25.1. The van der Waals surface area contributed by atoms with Crippen molar-refractivity contribution < 1.29 is 14.2 Å². The monoisotopic (exact) mass is 524 g/mol. The molecule has 0 saturated heterocycles. The first kappa shape index (κ1) is 29.8. The van der Waals surface area contributed by atoms with Crippen LogP contribution in [-0.2, 0) is 0 Å². The van der Waals surface area contributed by atoms with E-state index in [9.17, 15) is 0 Å². The molecule has 3 nitrogen and oxygen atoms in total. The third kappa shape index (κ3) is 6.14. The van der Waals surface area contributed by atoms with Gasteiger partial charge in [0, 0.05) is 5.92 Å². The second-order valence-electron chi connectivity index (χ2n) is 10.4. The molecule has 206 valence electrons. The summed E-state index contributed by atoms with van der Waals surface area (Å²) in [5.74, 6) is 2.82. The van der Waals surface area contributed by atoms with E-state index < -0.39 is 0 Å². The van der Waals surface area contributed by atoms with E-state index in [0.717, 1.165) is 50.6 Å². The Hall–Kier alpha value is -3.72. The average Bonchev–Trinajstić information content (AvgIpc) is 2.89. The first-order valence-corrected chi connectivity index (χ1v) is 13.6. The smallest absolute Gasteiger partial charge is 0.125 e. The number of aryl methyl sites for hydroxylation is 4. The van der Waals surface area contributed by atoms with E-state index in [4.69, 9.17) is 14.2 Å². The summed E-state index contributed by atoms with van der Waals surface area (Å²) in [6, 6.07) is 9.14. The number of hydrogen-bond acceptors (Lipinski definition) is 3. The molecule has 0 fully saturated rings. The predicted molar refractivity (Wildman–Crippen MR) is 165 cm³/mol. The van der Waals surface area contributed by atoms with Crippen LogP contribution in [0.3, 0.4) is 0 Å². The van der Waals surface area contributed by atoms with Crippen LogP contribution in [0.25, 0.3) is 0 Å². The van der Waals surface area contributed by atoms with Crippen LogP contribution >= 0.6 is 0 Å². The minimum absolute atomic E-state index is 0.0209. The lowest BCUT2D eigenvalue weighted by Gasteiger charge is -2.28. The Morgan fingerprint density at radius 2 is 0.846 bits per heavy atom. The molecule has 3 aromatic carbocycles. The van der Waals surface area contributed by atoms with Crippen molar-refractivity contribution in [2.75, 3.05) is 19.8 Å². The molecule has 3 rings (SSSR count). The summed E-state index contributed by atoms with van der Waals surface area (Å²) in [5.41, 5.74) is 13.0. The van der Waals surface area contributed by atoms with E-state index in [1.165, 1.54) is 27.8 Å². The van der Waals surface area contributed by atoms with E-state index >= 15 is 0 Å². The van der Waals surface area contributed by atoms with Gasteiger partial charge in [0.05, 0.1) is 0 Å². The Labute approximate surface area is 235 Å². The molecule has 0 bridgehead atoms. The highest BCUT2D eigenvalue weighted by Gasteiger charge is 2.27. The average molecular weight is 525 g/mol. The molecular formula is C36H44O3. The highest BCUT2D eigenvalue weighted by Crippen LogP contribution is 2.44. The molecule has 0 aliphatic heterocycles. The molecule has 0 saturated carbocycles. The van der Waals surface area contributed by atoms with Crippen molar-refractivity contribution in [3.8, 4) is 17.2 Å². The van der Waals surface area contributed by atoms with E-state index in [2.05, 4.69) is 99.4 Å². The van der Waals surface area contributed by atoms with Gasteiger partial charge in [-0.15, -0.1) is 0 Å². The zero-order valence-corrected chi connectivity index (χ0v) is 25.1. The lowest BCUT2D eigenvalue weighted by Crippen LogP contribution is -2.13. The van der Waals surface area contributed by atoms with Crippen molar-refractivity contribution in [3.63, 3.8) is 0 Å². The molecule has 0 spiro atoms. The normalized spacial score (nSPS) is 10.9. The minimum atomic E-state index is 0.0209. The standard InChI is InChI=1S/C36H44O3/c1-12-15-37-34-22(4)18-30(19-23(34)5)33(31-20-24(6)35(38-16-13-2)28(10)26(31)8)32-21-25(7)36(39-17-14-3)29(11)27(32)9/h12-14,18-21,33H,1-3,15-17H2,4-11H3. The van der Waals surface area contributed by atoms with Gasteiger partial charge in [-0.2, -0.15) is 0 Å². The van der Waals surface area contributed by atoms with Crippen molar-refractivity contribution in [3.05, 3.63) is 123 Å². The van der Waals surface area contributed by atoms with Crippen LogP contribution in [0.4, 0.5) is 0 Å². The van der Waals surface area contributed by atoms with Gasteiger partial charge >= 0.3 is 0 Å². The molecule has 0 aromatic heterocycles. The Balaban J connectivity index is 2.34. The number of rotatable bonds is 12. The Kier molecular flexibility index (Phi) is 9.86. The first-order valence-electron chi connectivity index (χ1n) is 13.6. The van der Waals surface area contributed by atoms with Crippen LogP contribution < -0.4 is 14.2 Å². The fourth-order valence-corrected chi connectivity index (χ4v) is 5.55. The van der Waals surface area contributed by atoms with Crippen LogP contribution in [0.2, 0.25) is 0 Å².